The lowest BCUT2D eigenvalue weighted by Gasteiger charge is -2.32. The molecule has 8 heteroatoms. The Morgan fingerprint density at radius 1 is 1.18 bits per heavy atom. The second-order valence-corrected chi connectivity index (χ2v) is 7.33. The van der Waals surface area contributed by atoms with E-state index in [-0.39, 0.29) is 5.13 Å². The highest BCUT2D eigenvalue weighted by Gasteiger charge is 2.46. The molecule has 0 aliphatic heterocycles. The highest BCUT2D eigenvalue weighted by atomic mass is 32.1. The minimum atomic E-state index is -2.08. The molecule has 1 aliphatic rings. The summed E-state index contributed by atoms with van der Waals surface area (Å²) in [4.78, 5) is 16.1. The summed E-state index contributed by atoms with van der Waals surface area (Å²) in [6.07, 6.45) is 1.80. The molecule has 1 aromatic heterocycles. The second kappa shape index (κ2) is 6.79. The van der Waals surface area contributed by atoms with Crippen molar-refractivity contribution >= 4 is 38.2 Å². The van der Waals surface area contributed by atoms with Gasteiger partial charge in [-0.05, 0) is 53.6 Å². The van der Waals surface area contributed by atoms with E-state index in [1.54, 1.807) is 6.07 Å². The molecular formula is C20H13F3N2O2S. The molecule has 0 saturated carbocycles. The molecule has 2 N–H and O–H groups in total. The Morgan fingerprint density at radius 3 is 2.68 bits per heavy atom. The van der Waals surface area contributed by atoms with E-state index in [0.29, 0.717) is 21.4 Å². The number of nitrogens with one attached hydrogen (secondary N) is 1. The summed E-state index contributed by atoms with van der Waals surface area (Å²) in [5.74, 6) is -2.35. The summed E-state index contributed by atoms with van der Waals surface area (Å²) in [6.45, 7) is 0. The molecule has 28 heavy (non-hydrogen) atoms. The predicted molar refractivity (Wildman–Crippen MR) is 102 cm³/mol. The zero-order chi connectivity index (χ0) is 19.9. The van der Waals surface area contributed by atoms with Gasteiger partial charge < -0.3 is 10.4 Å². The number of allylic oxidation sites excluding steroid dienone is 2. The number of aliphatic carboxylic acids is 1. The number of aromatic nitrogens is 1. The highest BCUT2D eigenvalue weighted by molar-refractivity contribution is 7.22. The molecule has 2 unspecified atom stereocenters. The molecule has 2 atom stereocenters. The van der Waals surface area contributed by atoms with E-state index in [4.69, 9.17) is 0 Å². The number of rotatable bonds is 4. The number of carbonyl (C=O) groups is 1. The normalized spacial score (nSPS) is 21.5. The van der Waals surface area contributed by atoms with Gasteiger partial charge in [0, 0.05) is 0 Å². The number of fused-ring (bicyclic) bond motifs is 1. The van der Waals surface area contributed by atoms with Gasteiger partial charge in [0.2, 0.25) is 0 Å². The smallest absolute Gasteiger partial charge is 0.336 e. The molecule has 0 radical (unpaired) electrons. The lowest BCUT2D eigenvalue weighted by atomic mass is 9.85. The lowest BCUT2D eigenvalue weighted by Crippen LogP contribution is -2.52. The first-order valence-electron chi connectivity index (χ1n) is 8.26. The molecule has 4 nitrogen and oxygen atoms in total. The molecule has 3 aromatic rings. The fourth-order valence-electron chi connectivity index (χ4n) is 3.00. The van der Waals surface area contributed by atoms with Crippen LogP contribution in [-0.4, -0.2) is 27.8 Å². The predicted octanol–water partition coefficient (Wildman–Crippen LogP) is 4.80. The van der Waals surface area contributed by atoms with Gasteiger partial charge in [-0.2, -0.15) is 0 Å². The maximum atomic E-state index is 15.0. The van der Waals surface area contributed by atoms with E-state index in [1.807, 2.05) is 0 Å². The summed E-state index contributed by atoms with van der Waals surface area (Å²) in [7, 11) is 0. The van der Waals surface area contributed by atoms with Gasteiger partial charge in [-0.25, -0.2) is 22.9 Å². The van der Waals surface area contributed by atoms with E-state index in [2.05, 4.69) is 10.3 Å². The molecule has 0 amide bonds. The fraction of sp³-hybridized carbons (Fsp3) is 0.100. The number of carboxylic acids is 1. The molecule has 0 bridgehead atoms. The van der Waals surface area contributed by atoms with Crippen molar-refractivity contribution in [2.24, 2.45) is 0 Å². The quantitative estimate of drug-likeness (QED) is 0.658. The summed E-state index contributed by atoms with van der Waals surface area (Å²) < 4.78 is 42.3. The number of carboxylic acid groups (broad SMARTS) is 1. The maximum absolute atomic E-state index is 15.0. The zero-order valence-corrected chi connectivity index (χ0v) is 15.0. The minimum Gasteiger partial charge on any atom is -0.479 e. The number of alkyl halides is 1. The van der Waals surface area contributed by atoms with Crippen molar-refractivity contribution < 1.29 is 23.1 Å². The monoisotopic (exact) mass is 402 g/mol. The molecule has 1 aliphatic carbocycles. The van der Waals surface area contributed by atoms with Crippen LogP contribution in [0.5, 0.6) is 0 Å². The maximum Gasteiger partial charge on any atom is 0.336 e. The van der Waals surface area contributed by atoms with E-state index in [1.165, 1.54) is 48.6 Å². The van der Waals surface area contributed by atoms with Crippen molar-refractivity contribution in [1.29, 1.82) is 0 Å². The van der Waals surface area contributed by atoms with Gasteiger partial charge in [-0.3, -0.25) is 0 Å². The van der Waals surface area contributed by atoms with Crippen LogP contribution in [0.4, 0.5) is 18.3 Å². The van der Waals surface area contributed by atoms with Crippen molar-refractivity contribution in [2.75, 3.05) is 5.32 Å². The summed E-state index contributed by atoms with van der Waals surface area (Å²) >= 11 is 1.03. The van der Waals surface area contributed by atoms with Crippen molar-refractivity contribution in [3.8, 4) is 0 Å². The largest absolute Gasteiger partial charge is 0.479 e. The third-order valence-electron chi connectivity index (χ3n) is 4.46. The average Bonchev–Trinajstić information content (AvgIpc) is 3.04. The number of hydrogen-bond acceptors (Lipinski definition) is 4. The van der Waals surface area contributed by atoms with E-state index in [9.17, 15) is 18.7 Å². The van der Waals surface area contributed by atoms with Crippen molar-refractivity contribution in [3.63, 3.8) is 0 Å². The van der Waals surface area contributed by atoms with Gasteiger partial charge in [0.05, 0.1) is 10.2 Å². The van der Waals surface area contributed by atoms with E-state index in [0.717, 1.165) is 17.4 Å². The third kappa shape index (κ3) is 3.16. The van der Waals surface area contributed by atoms with Gasteiger partial charge in [0.1, 0.15) is 11.6 Å². The van der Waals surface area contributed by atoms with Crippen LogP contribution in [0, 0.1) is 11.6 Å². The van der Waals surface area contributed by atoms with Gasteiger partial charge in [-0.1, -0.05) is 29.5 Å². The van der Waals surface area contributed by atoms with Gasteiger partial charge in [0.25, 0.3) is 0 Å². The first-order valence-corrected chi connectivity index (χ1v) is 9.08. The first kappa shape index (κ1) is 18.2. The van der Waals surface area contributed by atoms with E-state index < -0.39 is 29.3 Å². The third-order valence-corrected chi connectivity index (χ3v) is 5.40. The number of benzene rings is 2. The highest BCUT2D eigenvalue weighted by Crippen LogP contribution is 2.35. The van der Waals surface area contributed by atoms with Crippen LogP contribution in [-0.2, 0) is 4.79 Å². The van der Waals surface area contributed by atoms with Gasteiger partial charge in [0.15, 0.2) is 16.8 Å². The molecule has 0 spiro atoms. The Labute approximate surface area is 161 Å². The van der Waals surface area contributed by atoms with Crippen LogP contribution in [0.2, 0.25) is 0 Å². The van der Waals surface area contributed by atoms with Crippen LogP contribution >= 0.6 is 11.3 Å². The van der Waals surface area contributed by atoms with Crippen LogP contribution in [0.15, 0.2) is 60.7 Å². The topological polar surface area (TPSA) is 62.2 Å². The summed E-state index contributed by atoms with van der Waals surface area (Å²) in [5, 5.41) is 12.5. The molecule has 4 rings (SSSR count). The van der Waals surface area contributed by atoms with Crippen molar-refractivity contribution in [2.45, 2.75) is 11.7 Å². The Bertz CT molecular complexity index is 1140. The Hall–Kier alpha value is -3.13. The number of thiazole rings is 1. The Kier molecular flexibility index (Phi) is 4.43. The van der Waals surface area contributed by atoms with Gasteiger partial charge in [-0.15, -0.1) is 0 Å². The number of halogens is 3. The average molecular weight is 402 g/mol. The van der Waals surface area contributed by atoms with Crippen LogP contribution in [0.1, 0.15) is 5.56 Å². The minimum absolute atomic E-state index is 0.151. The van der Waals surface area contributed by atoms with Gasteiger partial charge >= 0.3 is 5.97 Å². The second-order valence-electron chi connectivity index (χ2n) is 6.30. The Morgan fingerprint density at radius 2 is 1.96 bits per heavy atom. The molecular weight excluding hydrogens is 389 g/mol. The zero-order valence-electron chi connectivity index (χ0n) is 14.2. The molecule has 0 saturated heterocycles. The number of anilines is 1. The molecule has 1 heterocycles. The molecule has 0 fully saturated rings. The van der Waals surface area contributed by atoms with Crippen LogP contribution in [0.25, 0.3) is 15.8 Å². The van der Waals surface area contributed by atoms with E-state index >= 15 is 4.39 Å². The Balaban J connectivity index is 1.68. The molecule has 142 valence electrons. The van der Waals surface area contributed by atoms with Crippen molar-refractivity contribution in [3.05, 3.63) is 77.9 Å². The fourth-order valence-corrected chi connectivity index (χ4v) is 3.96. The van der Waals surface area contributed by atoms with Crippen LogP contribution < -0.4 is 5.32 Å². The standard InChI is InChI=1S/C20H13F3N2O2S/c21-13-3-1-2-11(8-13)12-6-7-20(18(26)27,17(23)9-12)25-19-24-15-5-4-14(22)10-16(15)28-19/h1-10,17H,(H,24,25)(H,26,27). The SMILES string of the molecule is O=C(O)C1(Nc2nc3ccc(F)cc3s2)C=CC(c2cccc(F)c2)=CC1F. The molecule has 2 aromatic carbocycles. The number of hydrogen-bond donors (Lipinski definition) is 2. The lowest BCUT2D eigenvalue weighted by molar-refractivity contribution is -0.142. The van der Waals surface area contributed by atoms with Crippen LogP contribution in [0.3, 0.4) is 0 Å². The summed E-state index contributed by atoms with van der Waals surface area (Å²) in [5.41, 5.74) is -0.797. The summed E-state index contributed by atoms with van der Waals surface area (Å²) in [6, 6.07) is 9.59. The number of nitrogens with zero attached hydrogens (tertiary/aromatic N) is 1. The van der Waals surface area contributed by atoms with Crippen molar-refractivity contribution in [1.82, 2.24) is 4.98 Å². The first-order chi connectivity index (χ1) is 13.4.